The van der Waals surface area contributed by atoms with Crippen molar-refractivity contribution in [3.8, 4) is 0 Å². The van der Waals surface area contributed by atoms with Crippen LogP contribution in [0, 0.1) is 0 Å². The van der Waals surface area contributed by atoms with E-state index in [9.17, 15) is 13.2 Å². The van der Waals surface area contributed by atoms with Crippen LogP contribution in [0.3, 0.4) is 0 Å². The SMILES string of the molecule is C=C(C)C(F)(F)CF. The van der Waals surface area contributed by atoms with Gasteiger partial charge in [0.05, 0.1) is 0 Å². The van der Waals surface area contributed by atoms with Crippen LogP contribution in [0.1, 0.15) is 6.92 Å². The van der Waals surface area contributed by atoms with Crippen molar-refractivity contribution in [1.82, 2.24) is 0 Å². The van der Waals surface area contributed by atoms with E-state index in [0.717, 1.165) is 6.92 Å². The fraction of sp³-hybridized carbons (Fsp3) is 0.600. The van der Waals surface area contributed by atoms with Crippen molar-refractivity contribution >= 4 is 0 Å². The molecule has 0 bridgehead atoms. The van der Waals surface area contributed by atoms with Crippen molar-refractivity contribution in [2.24, 2.45) is 0 Å². The second-order valence-corrected chi connectivity index (χ2v) is 1.62. The van der Waals surface area contributed by atoms with Crippen LogP contribution in [0.25, 0.3) is 0 Å². The van der Waals surface area contributed by atoms with E-state index in [4.69, 9.17) is 0 Å². The molecule has 0 aromatic carbocycles. The van der Waals surface area contributed by atoms with Gasteiger partial charge in [-0.25, -0.2) is 4.39 Å². The van der Waals surface area contributed by atoms with Crippen molar-refractivity contribution < 1.29 is 13.2 Å². The van der Waals surface area contributed by atoms with Crippen LogP contribution in [0.2, 0.25) is 0 Å². The van der Waals surface area contributed by atoms with Crippen LogP contribution < -0.4 is 0 Å². The van der Waals surface area contributed by atoms with Gasteiger partial charge >= 0.3 is 0 Å². The molecule has 0 aromatic heterocycles. The molecule has 8 heavy (non-hydrogen) atoms. The largest absolute Gasteiger partial charge is 0.296 e. The lowest BCUT2D eigenvalue weighted by atomic mass is 10.2. The topological polar surface area (TPSA) is 0 Å². The third kappa shape index (κ3) is 1.56. The minimum atomic E-state index is -3.32. The fourth-order valence-electron chi connectivity index (χ4n) is 0.114. The molecule has 0 N–H and O–H groups in total. The Labute approximate surface area is 46.0 Å². The summed E-state index contributed by atoms with van der Waals surface area (Å²) >= 11 is 0. The van der Waals surface area contributed by atoms with E-state index in [1.54, 1.807) is 0 Å². The first-order valence-electron chi connectivity index (χ1n) is 2.10. The Hall–Kier alpha value is -0.470. The predicted molar refractivity (Wildman–Crippen MR) is 25.7 cm³/mol. The first-order valence-corrected chi connectivity index (χ1v) is 2.10. The van der Waals surface area contributed by atoms with Gasteiger partial charge in [0.2, 0.25) is 0 Å². The smallest absolute Gasteiger partial charge is 0.244 e. The van der Waals surface area contributed by atoms with E-state index in [0.29, 0.717) is 0 Å². The molecule has 0 nitrogen and oxygen atoms in total. The molecule has 48 valence electrons. The summed E-state index contributed by atoms with van der Waals surface area (Å²) in [6.07, 6.45) is 0. The maximum Gasteiger partial charge on any atom is 0.296 e. The van der Waals surface area contributed by atoms with E-state index in [1.165, 1.54) is 0 Å². The van der Waals surface area contributed by atoms with Crippen molar-refractivity contribution in [1.29, 1.82) is 0 Å². The minimum Gasteiger partial charge on any atom is -0.244 e. The van der Waals surface area contributed by atoms with Crippen molar-refractivity contribution in [2.45, 2.75) is 12.8 Å². The third-order valence-corrected chi connectivity index (χ3v) is 0.792. The number of alkyl halides is 3. The Morgan fingerprint density at radius 3 is 2.00 bits per heavy atom. The Morgan fingerprint density at radius 1 is 1.62 bits per heavy atom. The zero-order chi connectivity index (χ0) is 6.78. The van der Waals surface area contributed by atoms with E-state index in [2.05, 4.69) is 6.58 Å². The quantitative estimate of drug-likeness (QED) is 0.495. The summed E-state index contributed by atoms with van der Waals surface area (Å²) in [6, 6.07) is 0. The molecule has 0 heterocycles. The molecular weight excluding hydrogens is 117 g/mol. The minimum absolute atomic E-state index is 0.431. The summed E-state index contributed by atoms with van der Waals surface area (Å²) in [4.78, 5) is 0. The summed E-state index contributed by atoms with van der Waals surface area (Å²) in [5.41, 5.74) is -0.431. The molecule has 0 saturated heterocycles. The molecule has 0 aliphatic rings. The van der Waals surface area contributed by atoms with Gasteiger partial charge < -0.3 is 0 Å². The molecular formula is C5H7F3. The Bertz CT molecular complexity index is 95.8. The van der Waals surface area contributed by atoms with E-state index < -0.39 is 18.2 Å². The summed E-state index contributed by atoms with van der Waals surface area (Å²) in [5, 5.41) is 0. The highest BCUT2D eigenvalue weighted by Gasteiger charge is 2.29. The van der Waals surface area contributed by atoms with E-state index in [1.807, 2.05) is 0 Å². The van der Waals surface area contributed by atoms with Crippen molar-refractivity contribution in [3.63, 3.8) is 0 Å². The van der Waals surface area contributed by atoms with Gasteiger partial charge in [0.15, 0.2) is 6.67 Å². The molecule has 0 atom stereocenters. The molecule has 0 radical (unpaired) electrons. The monoisotopic (exact) mass is 124 g/mol. The van der Waals surface area contributed by atoms with Gasteiger partial charge in [-0.05, 0) is 12.5 Å². The Morgan fingerprint density at radius 2 is 2.00 bits per heavy atom. The summed E-state index contributed by atoms with van der Waals surface area (Å²) in [7, 11) is 0. The lowest BCUT2D eigenvalue weighted by Crippen LogP contribution is -2.19. The number of hydrogen-bond donors (Lipinski definition) is 0. The summed E-state index contributed by atoms with van der Waals surface area (Å²) in [6.45, 7) is 2.35. The standard InChI is InChI=1S/C5H7F3/c1-4(2)5(7,8)3-6/h1,3H2,2H3. The number of allylic oxidation sites excluding steroid dienone is 1. The second kappa shape index (κ2) is 2.20. The molecule has 3 heteroatoms. The normalized spacial score (nSPS) is 11.5. The van der Waals surface area contributed by atoms with Gasteiger partial charge in [-0.15, -0.1) is 0 Å². The third-order valence-electron chi connectivity index (χ3n) is 0.792. The molecule has 0 saturated carbocycles. The van der Waals surface area contributed by atoms with Gasteiger partial charge in [-0.2, -0.15) is 8.78 Å². The molecule has 0 amide bonds. The Balaban J connectivity index is 3.91. The van der Waals surface area contributed by atoms with Crippen LogP contribution in [-0.2, 0) is 0 Å². The molecule has 0 aromatic rings. The maximum absolute atomic E-state index is 11.8. The lowest BCUT2D eigenvalue weighted by Gasteiger charge is -2.09. The molecule has 0 spiro atoms. The average Bonchev–Trinajstić information content (AvgIpc) is 1.67. The van der Waals surface area contributed by atoms with Crippen molar-refractivity contribution in [3.05, 3.63) is 12.2 Å². The van der Waals surface area contributed by atoms with E-state index in [-0.39, 0.29) is 0 Å². The van der Waals surface area contributed by atoms with Gasteiger partial charge in [-0.3, -0.25) is 0 Å². The van der Waals surface area contributed by atoms with Gasteiger partial charge in [-0.1, -0.05) is 6.58 Å². The highest BCUT2D eigenvalue weighted by atomic mass is 19.3. The van der Waals surface area contributed by atoms with Crippen LogP contribution in [0.5, 0.6) is 0 Å². The van der Waals surface area contributed by atoms with Crippen LogP contribution in [0.4, 0.5) is 13.2 Å². The van der Waals surface area contributed by atoms with Gasteiger partial charge in [0, 0.05) is 0 Å². The number of hydrogen-bond acceptors (Lipinski definition) is 0. The van der Waals surface area contributed by atoms with Crippen LogP contribution in [0.15, 0.2) is 12.2 Å². The predicted octanol–water partition coefficient (Wildman–Crippen LogP) is 2.17. The molecule has 0 aliphatic carbocycles. The summed E-state index contributed by atoms with van der Waals surface area (Å²) in [5.74, 6) is -3.32. The average molecular weight is 124 g/mol. The fourth-order valence-corrected chi connectivity index (χ4v) is 0.114. The lowest BCUT2D eigenvalue weighted by molar-refractivity contribution is 0.0158. The number of halogens is 3. The molecule has 0 rings (SSSR count). The molecule has 0 aliphatic heterocycles. The van der Waals surface area contributed by atoms with Gasteiger partial charge in [0.1, 0.15) is 0 Å². The molecule has 0 fully saturated rings. The zero-order valence-corrected chi connectivity index (χ0v) is 4.55. The molecule has 0 unspecified atom stereocenters. The van der Waals surface area contributed by atoms with Crippen LogP contribution >= 0.6 is 0 Å². The Kier molecular flexibility index (Phi) is 2.07. The van der Waals surface area contributed by atoms with Crippen molar-refractivity contribution in [2.75, 3.05) is 6.67 Å². The second-order valence-electron chi connectivity index (χ2n) is 1.62. The number of rotatable bonds is 2. The van der Waals surface area contributed by atoms with Crippen LogP contribution in [-0.4, -0.2) is 12.6 Å². The maximum atomic E-state index is 11.8. The van der Waals surface area contributed by atoms with E-state index >= 15 is 0 Å². The highest BCUT2D eigenvalue weighted by Crippen LogP contribution is 2.21. The highest BCUT2D eigenvalue weighted by molar-refractivity contribution is 5.02. The zero-order valence-electron chi connectivity index (χ0n) is 4.55. The van der Waals surface area contributed by atoms with Gasteiger partial charge in [0.25, 0.3) is 5.92 Å². The first kappa shape index (κ1) is 7.53. The summed E-state index contributed by atoms with van der Waals surface area (Å²) < 4.78 is 34.8. The first-order chi connectivity index (χ1) is 3.50.